The molecular weight excluding hydrogens is 316 g/mol. The van der Waals surface area contributed by atoms with Gasteiger partial charge in [-0.2, -0.15) is 0 Å². The third-order valence-electron chi connectivity index (χ3n) is 4.14. The van der Waals surface area contributed by atoms with Crippen molar-refractivity contribution in [2.75, 3.05) is 0 Å². The summed E-state index contributed by atoms with van der Waals surface area (Å²) >= 11 is 0. The Bertz CT molecular complexity index is 531. The minimum atomic E-state index is -0.787. The lowest BCUT2D eigenvalue weighted by atomic mass is 9.88. The Hall–Kier alpha value is -1.84. The maximum absolute atomic E-state index is 12.5. The van der Waals surface area contributed by atoms with E-state index < -0.39 is 11.6 Å². The summed E-state index contributed by atoms with van der Waals surface area (Å²) in [7, 11) is 0. The standard InChI is InChI=1S/C21H32O4/c1-16(13-14-19(22)23)15-18(20(24)25-21(2,3)4)12-8-11-17-9-6-5-7-10-17/h5-7,9-10,16,18H,8,11-15H2,1-4H3,(H,22,23)/t16-,18+/m1/s1. The zero-order chi connectivity index (χ0) is 18.9. The molecule has 0 aromatic heterocycles. The topological polar surface area (TPSA) is 63.6 Å². The van der Waals surface area contributed by atoms with Crippen molar-refractivity contribution in [2.45, 2.75) is 71.8 Å². The van der Waals surface area contributed by atoms with Gasteiger partial charge in [0, 0.05) is 6.42 Å². The number of esters is 1. The average molecular weight is 348 g/mol. The zero-order valence-electron chi connectivity index (χ0n) is 16.0. The van der Waals surface area contributed by atoms with E-state index in [1.54, 1.807) is 0 Å². The van der Waals surface area contributed by atoms with Crippen LogP contribution in [0.4, 0.5) is 0 Å². The summed E-state index contributed by atoms with van der Waals surface area (Å²) in [6.45, 7) is 7.64. The van der Waals surface area contributed by atoms with Crippen molar-refractivity contribution in [1.82, 2.24) is 0 Å². The van der Waals surface area contributed by atoms with Crippen LogP contribution >= 0.6 is 0 Å². The molecule has 140 valence electrons. The number of hydrogen-bond acceptors (Lipinski definition) is 3. The number of benzene rings is 1. The van der Waals surface area contributed by atoms with Crippen LogP contribution in [0.25, 0.3) is 0 Å². The molecule has 0 aliphatic rings. The molecule has 2 atom stereocenters. The molecule has 25 heavy (non-hydrogen) atoms. The fourth-order valence-electron chi connectivity index (χ4n) is 2.89. The fraction of sp³-hybridized carbons (Fsp3) is 0.619. The molecular formula is C21H32O4. The van der Waals surface area contributed by atoms with Gasteiger partial charge in [0.05, 0.1) is 5.92 Å². The predicted octanol–water partition coefficient (Wildman–Crippen LogP) is 4.86. The number of carbonyl (C=O) groups excluding carboxylic acids is 1. The van der Waals surface area contributed by atoms with E-state index in [0.717, 1.165) is 19.3 Å². The van der Waals surface area contributed by atoms with E-state index in [0.29, 0.717) is 12.8 Å². The number of ether oxygens (including phenoxy) is 1. The van der Waals surface area contributed by atoms with Gasteiger partial charge in [-0.15, -0.1) is 0 Å². The van der Waals surface area contributed by atoms with E-state index in [-0.39, 0.29) is 24.2 Å². The van der Waals surface area contributed by atoms with Gasteiger partial charge in [-0.05, 0) is 64.4 Å². The minimum Gasteiger partial charge on any atom is -0.481 e. The summed E-state index contributed by atoms with van der Waals surface area (Å²) in [5.41, 5.74) is 0.767. The number of aliphatic carboxylic acids is 1. The highest BCUT2D eigenvalue weighted by Crippen LogP contribution is 2.25. The molecule has 0 fully saturated rings. The van der Waals surface area contributed by atoms with Crippen LogP contribution in [0.5, 0.6) is 0 Å². The molecule has 0 radical (unpaired) electrons. The number of hydrogen-bond donors (Lipinski definition) is 1. The molecule has 1 rings (SSSR count). The van der Waals surface area contributed by atoms with Crippen molar-refractivity contribution in [2.24, 2.45) is 11.8 Å². The van der Waals surface area contributed by atoms with Crippen molar-refractivity contribution in [3.63, 3.8) is 0 Å². The van der Waals surface area contributed by atoms with Crippen LogP contribution in [0.2, 0.25) is 0 Å². The minimum absolute atomic E-state index is 0.145. The molecule has 0 aliphatic carbocycles. The maximum Gasteiger partial charge on any atom is 0.309 e. The van der Waals surface area contributed by atoms with Crippen LogP contribution < -0.4 is 0 Å². The normalized spacial score (nSPS) is 13.9. The van der Waals surface area contributed by atoms with Gasteiger partial charge in [0.25, 0.3) is 0 Å². The molecule has 0 spiro atoms. The highest BCUT2D eigenvalue weighted by atomic mass is 16.6. The Labute approximate surface area is 151 Å². The van der Waals surface area contributed by atoms with Crippen LogP contribution in [0, 0.1) is 11.8 Å². The largest absolute Gasteiger partial charge is 0.481 e. The Morgan fingerprint density at radius 2 is 1.76 bits per heavy atom. The van der Waals surface area contributed by atoms with E-state index >= 15 is 0 Å². The summed E-state index contributed by atoms with van der Waals surface area (Å²) in [5.74, 6) is -0.940. The van der Waals surface area contributed by atoms with Crippen molar-refractivity contribution in [3.05, 3.63) is 35.9 Å². The second-order valence-corrected chi connectivity index (χ2v) is 7.88. The number of carbonyl (C=O) groups is 2. The molecule has 0 saturated carbocycles. The number of aryl methyl sites for hydroxylation is 1. The Morgan fingerprint density at radius 1 is 1.12 bits per heavy atom. The highest BCUT2D eigenvalue weighted by molar-refractivity contribution is 5.73. The zero-order valence-corrected chi connectivity index (χ0v) is 16.0. The first-order valence-electron chi connectivity index (χ1n) is 9.16. The quantitative estimate of drug-likeness (QED) is 0.613. The van der Waals surface area contributed by atoms with Crippen LogP contribution in [0.15, 0.2) is 30.3 Å². The lowest BCUT2D eigenvalue weighted by Crippen LogP contribution is -2.29. The van der Waals surface area contributed by atoms with Crippen LogP contribution in [0.1, 0.15) is 65.4 Å². The third-order valence-corrected chi connectivity index (χ3v) is 4.14. The maximum atomic E-state index is 12.5. The van der Waals surface area contributed by atoms with Gasteiger partial charge in [-0.1, -0.05) is 37.3 Å². The number of carboxylic acids is 1. The molecule has 0 bridgehead atoms. The Kier molecular flexibility index (Phi) is 8.67. The summed E-state index contributed by atoms with van der Waals surface area (Å²) < 4.78 is 5.57. The van der Waals surface area contributed by atoms with E-state index in [1.165, 1.54) is 5.56 Å². The smallest absolute Gasteiger partial charge is 0.309 e. The number of rotatable bonds is 10. The van der Waals surface area contributed by atoms with E-state index in [2.05, 4.69) is 12.1 Å². The first-order chi connectivity index (χ1) is 11.7. The van der Waals surface area contributed by atoms with Gasteiger partial charge in [0.1, 0.15) is 5.60 Å². The van der Waals surface area contributed by atoms with Crippen molar-refractivity contribution >= 4 is 11.9 Å². The second kappa shape index (κ2) is 10.2. The number of carboxylic acid groups (broad SMARTS) is 1. The van der Waals surface area contributed by atoms with Gasteiger partial charge in [0.15, 0.2) is 0 Å². The second-order valence-electron chi connectivity index (χ2n) is 7.88. The molecule has 4 heteroatoms. The molecule has 1 aromatic carbocycles. The molecule has 1 N–H and O–H groups in total. The Morgan fingerprint density at radius 3 is 2.32 bits per heavy atom. The lowest BCUT2D eigenvalue weighted by molar-refractivity contribution is -0.161. The Balaban J connectivity index is 2.60. The molecule has 0 heterocycles. The van der Waals surface area contributed by atoms with Crippen molar-refractivity contribution in [3.8, 4) is 0 Å². The van der Waals surface area contributed by atoms with E-state index in [9.17, 15) is 9.59 Å². The van der Waals surface area contributed by atoms with E-state index in [1.807, 2.05) is 45.9 Å². The fourth-order valence-corrected chi connectivity index (χ4v) is 2.89. The molecule has 0 unspecified atom stereocenters. The summed E-state index contributed by atoms with van der Waals surface area (Å²) in [5, 5.41) is 8.83. The molecule has 4 nitrogen and oxygen atoms in total. The van der Waals surface area contributed by atoms with Crippen LogP contribution in [0.3, 0.4) is 0 Å². The summed E-state index contributed by atoms with van der Waals surface area (Å²) in [6, 6.07) is 10.2. The first-order valence-corrected chi connectivity index (χ1v) is 9.16. The average Bonchev–Trinajstić information content (AvgIpc) is 2.51. The lowest BCUT2D eigenvalue weighted by Gasteiger charge is -2.25. The monoisotopic (exact) mass is 348 g/mol. The summed E-state index contributed by atoms with van der Waals surface area (Å²) in [6.07, 6.45) is 4.03. The highest BCUT2D eigenvalue weighted by Gasteiger charge is 2.26. The van der Waals surface area contributed by atoms with Crippen molar-refractivity contribution < 1.29 is 19.4 Å². The predicted molar refractivity (Wildman–Crippen MR) is 99.4 cm³/mol. The molecule has 0 amide bonds. The van der Waals surface area contributed by atoms with Gasteiger partial charge in [-0.25, -0.2) is 0 Å². The van der Waals surface area contributed by atoms with E-state index in [4.69, 9.17) is 9.84 Å². The van der Waals surface area contributed by atoms with Crippen LogP contribution in [-0.2, 0) is 20.7 Å². The summed E-state index contributed by atoms with van der Waals surface area (Å²) in [4.78, 5) is 23.3. The van der Waals surface area contributed by atoms with Crippen molar-refractivity contribution in [1.29, 1.82) is 0 Å². The third kappa shape index (κ3) is 9.90. The molecule has 0 saturated heterocycles. The van der Waals surface area contributed by atoms with Gasteiger partial charge in [-0.3, -0.25) is 9.59 Å². The van der Waals surface area contributed by atoms with Gasteiger partial charge in [0.2, 0.25) is 0 Å². The first kappa shape index (κ1) is 21.2. The molecule has 0 aliphatic heterocycles. The molecule has 1 aromatic rings. The van der Waals surface area contributed by atoms with Gasteiger partial charge >= 0.3 is 11.9 Å². The van der Waals surface area contributed by atoms with Crippen LogP contribution in [-0.4, -0.2) is 22.6 Å². The SMILES string of the molecule is C[C@H](CCC(=O)O)C[C@H](CCCc1ccccc1)C(=O)OC(C)(C)C. The van der Waals surface area contributed by atoms with Gasteiger partial charge < -0.3 is 9.84 Å².